The number of carbonyl (C=O) groups is 1. The molecule has 1 radical (unpaired) electrons. The van der Waals surface area contributed by atoms with Gasteiger partial charge in [0.05, 0.1) is 14.0 Å². The van der Waals surface area contributed by atoms with Crippen LogP contribution < -0.4 is 0 Å². The maximum atomic E-state index is 11.7. The number of aromatic nitrogens is 1. The summed E-state index contributed by atoms with van der Waals surface area (Å²) >= 11 is 0. The predicted molar refractivity (Wildman–Crippen MR) is 202 cm³/mol. The van der Waals surface area contributed by atoms with Crippen LogP contribution in [-0.4, -0.2) is 15.9 Å². The Balaban J connectivity index is 0.000000385. The van der Waals surface area contributed by atoms with Crippen molar-refractivity contribution in [2.45, 2.75) is 119 Å². The van der Waals surface area contributed by atoms with E-state index in [0.29, 0.717) is 11.0 Å². The van der Waals surface area contributed by atoms with Crippen molar-refractivity contribution in [1.82, 2.24) is 4.98 Å². The van der Waals surface area contributed by atoms with E-state index in [1.807, 2.05) is 41.5 Å². The van der Waals surface area contributed by atoms with Crippen LogP contribution in [0.1, 0.15) is 127 Å². The summed E-state index contributed by atoms with van der Waals surface area (Å²) in [5.41, 5.74) is 5.09. The number of ketones is 1. The van der Waals surface area contributed by atoms with Gasteiger partial charge in [-0.25, -0.2) is 0 Å². The number of hydrogen-bond donors (Lipinski definition) is 1. The van der Waals surface area contributed by atoms with Crippen LogP contribution in [0.3, 0.4) is 0 Å². The van der Waals surface area contributed by atoms with E-state index in [4.69, 9.17) is 15.4 Å². The van der Waals surface area contributed by atoms with Crippen molar-refractivity contribution < 1.29 is 45.4 Å². The number of furan rings is 1. The number of carbonyl (C=O) groups excluding carboxylic acids is 1. The number of aliphatic hydroxyl groups is 1. The summed E-state index contributed by atoms with van der Waals surface area (Å²) in [6.45, 7) is 21.1. The van der Waals surface area contributed by atoms with Crippen molar-refractivity contribution in [1.29, 1.82) is 0 Å². The number of rotatable bonds is 8. The minimum absolute atomic E-state index is 0. The van der Waals surface area contributed by atoms with Gasteiger partial charge >= 0.3 is 0 Å². The average molecular weight is 845 g/mol. The maximum Gasteiger partial charge on any atom is 0.162 e. The first-order chi connectivity index (χ1) is 26.1. The molecule has 0 atom stereocenters. The van der Waals surface area contributed by atoms with Crippen LogP contribution in [0.15, 0.2) is 64.7 Å². The largest absolute Gasteiger partial charge is 0.512 e. The summed E-state index contributed by atoms with van der Waals surface area (Å²) in [6, 6.07) is 0.165. The molecule has 0 saturated carbocycles. The topological polar surface area (TPSA) is 63.3 Å². The Bertz CT molecular complexity index is 2430. The quantitative estimate of drug-likeness (QED) is 0.0960. The van der Waals surface area contributed by atoms with E-state index >= 15 is 0 Å². The molecule has 0 aliphatic heterocycles. The van der Waals surface area contributed by atoms with Gasteiger partial charge in [-0.05, 0) is 92.9 Å². The molecule has 6 rings (SSSR count). The molecule has 1 N–H and O–H groups in total. The summed E-state index contributed by atoms with van der Waals surface area (Å²) < 4.78 is 74.5. The van der Waals surface area contributed by atoms with Crippen LogP contribution in [0.25, 0.3) is 44.0 Å². The van der Waals surface area contributed by atoms with Crippen molar-refractivity contribution in [2.75, 3.05) is 0 Å². The SMILES string of the molecule is CCC(CC)C(=O)/C=C(\O)C(CC)CC.[2H]c1[c-]c(-c2nc([2H])c([2H])c3c2oc2c(C)c4c(c(C)c23)C(C)(C)CCC4(C)C)c2c([2H])c([2H])c([2H])c([2H])c2c1[2H].[Ir]. The summed E-state index contributed by atoms with van der Waals surface area (Å²) in [5, 5.41) is 10.8. The van der Waals surface area contributed by atoms with Crippen LogP contribution in [0.2, 0.25) is 0 Å². The van der Waals surface area contributed by atoms with E-state index in [1.165, 1.54) is 17.2 Å². The van der Waals surface area contributed by atoms with Crippen molar-refractivity contribution in [3.8, 4) is 11.3 Å². The van der Waals surface area contributed by atoms with Crippen LogP contribution >= 0.6 is 0 Å². The van der Waals surface area contributed by atoms with Crippen LogP contribution in [0.4, 0.5) is 0 Å². The molecular weight excluding hydrogens is 783 g/mol. The predicted octanol–water partition coefficient (Wildman–Crippen LogP) is 12.4. The fraction of sp³-hybridized carbons (Fsp3) is 0.455. The monoisotopic (exact) mass is 845 g/mol. The number of benzene rings is 3. The third kappa shape index (κ3) is 7.17. The Morgan fingerprint density at radius 3 is 2.10 bits per heavy atom. The van der Waals surface area contributed by atoms with E-state index in [1.54, 1.807) is 0 Å². The molecule has 1 aliphatic rings. The number of hydrogen-bond acceptors (Lipinski definition) is 4. The first-order valence-corrected chi connectivity index (χ1v) is 17.4. The molecular formula is C44H54IrNO3-. The molecule has 2 heterocycles. The molecule has 0 unspecified atom stereocenters. The van der Waals surface area contributed by atoms with E-state index in [-0.39, 0.29) is 112 Å². The Morgan fingerprint density at radius 1 is 0.898 bits per heavy atom. The van der Waals surface area contributed by atoms with E-state index in [2.05, 4.69) is 38.7 Å². The fourth-order valence-electron chi connectivity index (χ4n) is 7.65. The minimum atomic E-state index is -0.501. The molecule has 0 saturated heterocycles. The van der Waals surface area contributed by atoms with Crippen LogP contribution in [0.5, 0.6) is 0 Å². The Hall–Kier alpha value is -3.27. The van der Waals surface area contributed by atoms with Crippen LogP contribution in [-0.2, 0) is 35.7 Å². The molecule has 0 amide bonds. The van der Waals surface area contributed by atoms with E-state index < -0.39 is 18.1 Å². The molecule has 3 aromatic carbocycles. The Labute approximate surface area is 318 Å². The minimum Gasteiger partial charge on any atom is -0.512 e. The van der Waals surface area contributed by atoms with Gasteiger partial charge in [0.2, 0.25) is 0 Å². The van der Waals surface area contributed by atoms with Gasteiger partial charge in [-0.15, -0.1) is 29.1 Å². The van der Waals surface area contributed by atoms with Gasteiger partial charge in [0.1, 0.15) is 11.2 Å². The number of aryl methyl sites for hydroxylation is 2. The van der Waals surface area contributed by atoms with Crippen molar-refractivity contribution in [3.05, 3.63) is 88.6 Å². The summed E-state index contributed by atoms with van der Waals surface area (Å²) in [4.78, 5) is 16.1. The van der Waals surface area contributed by atoms with Crippen LogP contribution in [0, 0.1) is 31.7 Å². The van der Waals surface area contributed by atoms with E-state index in [9.17, 15) is 9.90 Å². The molecule has 263 valence electrons. The summed E-state index contributed by atoms with van der Waals surface area (Å²) in [6.07, 6.45) is 6.59. The fourth-order valence-corrected chi connectivity index (χ4v) is 7.65. The standard InChI is InChI=1S/C31H30NO.C13H24O2.Ir/c1-18-24-23-14-17-32-27(22-13-9-11-20-10-7-8-12-21(20)22)29(23)33-28(24)19(2)26-25(18)30(3,4)15-16-31(26,5)6;1-5-10(6-2)12(14)9-13(15)11(7-3)8-4;/h7-12,14,17H,15-16H2,1-6H3;9-11,14H,5-8H2,1-4H3;/q-1;;/b;12-9-;/i7D,8D,9D,10D,11D,12D,14D,17D;;. The van der Waals surface area contributed by atoms with Gasteiger partial charge in [-0.2, -0.15) is 0 Å². The van der Waals surface area contributed by atoms with Crippen molar-refractivity contribution in [3.63, 3.8) is 0 Å². The second-order valence-corrected chi connectivity index (χ2v) is 14.5. The zero-order chi connectivity index (χ0) is 41.9. The third-order valence-electron chi connectivity index (χ3n) is 10.5. The molecule has 1 aliphatic carbocycles. The van der Waals surface area contributed by atoms with Crippen molar-refractivity contribution in [2.24, 2.45) is 11.8 Å². The van der Waals surface area contributed by atoms with Crippen molar-refractivity contribution >= 4 is 38.5 Å². The normalized spacial score (nSPS) is 17.6. The molecule has 4 nitrogen and oxygen atoms in total. The van der Waals surface area contributed by atoms with Gasteiger partial charge in [0.15, 0.2) is 5.78 Å². The van der Waals surface area contributed by atoms with Gasteiger partial charge in [-0.3, -0.25) is 4.79 Å². The zero-order valence-corrected chi connectivity index (χ0v) is 32.9. The molecule has 49 heavy (non-hydrogen) atoms. The van der Waals surface area contributed by atoms with Gasteiger partial charge < -0.3 is 14.5 Å². The molecule has 5 heteroatoms. The number of fused-ring (bicyclic) bond motifs is 5. The third-order valence-corrected chi connectivity index (χ3v) is 10.5. The Morgan fingerprint density at radius 2 is 1.49 bits per heavy atom. The molecule has 0 bridgehead atoms. The first-order valence-electron chi connectivity index (χ1n) is 21.4. The van der Waals surface area contributed by atoms with E-state index in [0.717, 1.165) is 55.0 Å². The zero-order valence-electron chi connectivity index (χ0n) is 38.5. The maximum absolute atomic E-state index is 11.7. The number of allylic oxidation sites excluding steroid dienone is 2. The molecule has 5 aromatic rings. The average Bonchev–Trinajstić information content (AvgIpc) is 3.55. The number of pyridine rings is 1. The summed E-state index contributed by atoms with van der Waals surface area (Å²) in [7, 11) is 0. The molecule has 0 fully saturated rings. The first kappa shape index (κ1) is 28.4. The van der Waals surface area contributed by atoms with Gasteiger partial charge in [0.25, 0.3) is 0 Å². The van der Waals surface area contributed by atoms with Gasteiger partial charge in [-0.1, -0.05) is 84.9 Å². The Kier molecular flexibility index (Phi) is 8.89. The number of nitrogens with zero attached hydrogens (tertiary/aromatic N) is 1. The molecule has 0 spiro atoms. The summed E-state index contributed by atoms with van der Waals surface area (Å²) in [5.74, 6) is 0.547. The van der Waals surface area contributed by atoms with Gasteiger partial charge in [0, 0.05) is 62.0 Å². The molecule has 2 aromatic heterocycles. The second-order valence-electron chi connectivity index (χ2n) is 14.5. The number of aliphatic hydroxyl groups excluding tert-OH is 1. The second kappa shape index (κ2) is 15.3. The smallest absolute Gasteiger partial charge is 0.162 e.